The van der Waals surface area contributed by atoms with Crippen molar-refractivity contribution in [2.24, 2.45) is 0 Å². The maximum absolute atomic E-state index is 5.90. The fourth-order valence-corrected chi connectivity index (χ4v) is 4.24. The minimum atomic E-state index is -1.11. The first-order chi connectivity index (χ1) is 6.45. The molecule has 3 nitrogen and oxygen atoms in total. The predicted molar refractivity (Wildman–Crippen MR) is 68.6 cm³/mol. The zero-order valence-corrected chi connectivity index (χ0v) is 14.6. The van der Waals surface area contributed by atoms with Crippen molar-refractivity contribution in [3.05, 3.63) is 0 Å². The van der Waals surface area contributed by atoms with E-state index in [2.05, 4.69) is 33.1 Å². The van der Waals surface area contributed by atoms with Gasteiger partial charge in [0.25, 0.3) is 5.97 Å². The Hall–Kier alpha value is 0.531. The van der Waals surface area contributed by atoms with Crippen LogP contribution < -0.4 is 0 Å². The van der Waals surface area contributed by atoms with Gasteiger partial charge >= 0.3 is 0 Å². The average Bonchev–Trinajstić information content (AvgIpc) is 2.02. The maximum Gasteiger partial charge on any atom is 0.253 e. The van der Waals surface area contributed by atoms with Crippen molar-refractivity contribution in [2.45, 2.75) is 51.9 Å². The highest BCUT2D eigenvalue weighted by molar-refractivity contribution is 6.49. The van der Waals surface area contributed by atoms with Gasteiger partial charge in [-0.2, -0.15) is 0 Å². The Balaban J connectivity index is 4.42. The molecule has 0 rings (SSSR count). The standard InChI is InChI=1S/C8H24O3Si3/c1-6-7-8(9-12,10-13(2)3)11-14(4)5/h13-14H,6-7H2,1-5,12H3. The van der Waals surface area contributed by atoms with Crippen molar-refractivity contribution in [3.8, 4) is 0 Å². The third kappa shape index (κ3) is 5.42. The lowest BCUT2D eigenvalue weighted by molar-refractivity contribution is -0.261. The second-order valence-corrected chi connectivity index (χ2v) is 9.05. The average molecular weight is 253 g/mol. The van der Waals surface area contributed by atoms with Gasteiger partial charge in [-0.3, -0.25) is 0 Å². The maximum atomic E-state index is 5.90. The fraction of sp³-hybridized carbons (Fsp3) is 1.00. The molecule has 0 atom stereocenters. The molecule has 0 radical (unpaired) electrons. The van der Waals surface area contributed by atoms with Crippen molar-refractivity contribution in [1.82, 2.24) is 0 Å². The van der Waals surface area contributed by atoms with Gasteiger partial charge in [-0.1, -0.05) is 6.92 Å². The minimum absolute atomic E-state index is 0.666. The van der Waals surface area contributed by atoms with Crippen LogP contribution in [0.2, 0.25) is 26.2 Å². The Kier molecular flexibility index (Phi) is 7.18. The van der Waals surface area contributed by atoms with Crippen LogP contribution in [0.5, 0.6) is 0 Å². The first-order valence-corrected chi connectivity index (χ1v) is 11.7. The molecule has 0 saturated carbocycles. The molecule has 0 aliphatic carbocycles. The zero-order chi connectivity index (χ0) is 11.2. The van der Waals surface area contributed by atoms with Gasteiger partial charge in [0.1, 0.15) is 0 Å². The fourth-order valence-electron chi connectivity index (χ4n) is 1.37. The summed E-state index contributed by atoms with van der Waals surface area (Å²) in [6.07, 6.45) is 1.89. The van der Waals surface area contributed by atoms with Crippen LogP contribution in [0.1, 0.15) is 19.8 Å². The van der Waals surface area contributed by atoms with E-state index in [1.165, 1.54) is 0 Å². The van der Waals surface area contributed by atoms with E-state index in [-0.39, 0.29) is 0 Å². The van der Waals surface area contributed by atoms with E-state index in [4.69, 9.17) is 13.3 Å². The monoisotopic (exact) mass is 252 g/mol. The summed E-state index contributed by atoms with van der Waals surface area (Å²) in [5.74, 6) is -0.679. The van der Waals surface area contributed by atoms with Gasteiger partial charge < -0.3 is 13.3 Å². The predicted octanol–water partition coefficient (Wildman–Crippen LogP) is 0.737. The molecular formula is C8H24O3Si3. The van der Waals surface area contributed by atoms with Crippen LogP contribution in [0.15, 0.2) is 0 Å². The van der Waals surface area contributed by atoms with Crippen LogP contribution in [0.3, 0.4) is 0 Å². The molecule has 0 saturated heterocycles. The van der Waals surface area contributed by atoms with E-state index in [0.717, 1.165) is 12.8 Å². The van der Waals surface area contributed by atoms with E-state index < -0.39 is 24.1 Å². The van der Waals surface area contributed by atoms with Gasteiger partial charge in [0.15, 0.2) is 28.6 Å². The highest BCUT2D eigenvalue weighted by Gasteiger charge is 2.32. The van der Waals surface area contributed by atoms with Crippen molar-refractivity contribution in [3.63, 3.8) is 0 Å². The summed E-state index contributed by atoms with van der Waals surface area (Å²) in [6.45, 7) is 10.7. The number of hydrogen-bond donors (Lipinski definition) is 0. The van der Waals surface area contributed by atoms with Crippen molar-refractivity contribution in [2.75, 3.05) is 0 Å². The van der Waals surface area contributed by atoms with Crippen molar-refractivity contribution in [1.29, 1.82) is 0 Å². The minimum Gasteiger partial charge on any atom is -0.382 e. The summed E-state index contributed by atoms with van der Waals surface area (Å²) in [7, 11) is -1.55. The van der Waals surface area contributed by atoms with E-state index in [1.807, 2.05) is 0 Å². The van der Waals surface area contributed by atoms with E-state index >= 15 is 0 Å². The van der Waals surface area contributed by atoms with Crippen LogP contribution in [0.25, 0.3) is 0 Å². The molecule has 0 aliphatic rings. The molecule has 0 fully saturated rings. The Bertz CT molecular complexity index is 143. The molecule has 0 aromatic heterocycles. The van der Waals surface area contributed by atoms with Gasteiger partial charge in [-0.25, -0.2) is 0 Å². The summed E-state index contributed by atoms with van der Waals surface area (Å²) in [6, 6.07) is 0. The lowest BCUT2D eigenvalue weighted by Gasteiger charge is -2.36. The van der Waals surface area contributed by atoms with Crippen molar-refractivity contribution < 1.29 is 13.3 Å². The van der Waals surface area contributed by atoms with Crippen LogP contribution in [-0.2, 0) is 13.3 Å². The smallest absolute Gasteiger partial charge is 0.253 e. The second-order valence-electron chi connectivity index (χ2n) is 3.97. The highest BCUT2D eigenvalue weighted by Crippen LogP contribution is 2.22. The number of hydrogen-bond acceptors (Lipinski definition) is 3. The van der Waals surface area contributed by atoms with Crippen LogP contribution in [-0.4, -0.2) is 34.5 Å². The topological polar surface area (TPSA) is 27.7 Å². The summed E-state index contributed by atoms with van der Waals surface area (Å²) >= 11 is 0. The third-order valence-corrected chi connectivity index (χ3v) is 3.98. The van der Waals surface area contributed by atoms with Gasteiger partial charge in [0.05, 0.1) is 0 Å². The Morgan fingerprint density at radius 1 is 1.07 bits per heavy atom. The lowest BCUT2D eigenvalue weighted by Crippen LogP contribution is -2.44. The largest absolute Gasteiger partial charge is 0.382 e. The zero-order valence-electron chi connectivity index (χ0n) is 10.3. The first kappa shape index (κ1) is 14.5. The van der Waals surface area contributed by atoms with E-state index in [0.29, 0.717) is 10.5 Å². The van der Waals surface area contributed by atoms with Crippen LogP contribution >= 0.6 is 0 Å². The molecule has 14 heavy (non-hydrogen) atoms. The molecule has 0 heterocycles. The molecule has 86 valence electrons. The molecule has 0 bridgehead atoms. The molecular weight excluding hydrogens is 228 g/mol. The molecule has 0 unspecified atom stereocenters. The SMILES string of the molecule is CCCC(O[SiH3])(O[SiH](C)C)O[SiH](C)C. The van der Waals surface area contributed by atoms with E-state index in [1.54, 1.807) is 0 Å². The summed E-state index contributed by atoms with van der Waals surface area (Å²) < 4.78 is 17.4. The molecule has 0 amide bonds. The molecule has 0 aromatic carbocycles. The molecule has 0 aliphatic heterocycles. The van der Waals surface area contributed by atoms with Crippen LogP contribution in [0, 0.1) is 0 Å². The van der Waals surface area contributed by atoms with Crippen molar-refractivity contribution >= 4 is 28.6 Å². The quantitative estimate of drug-likeness (QED) is 0.494. The number of rotatable bonds is 7. The van der Waals surface area contributed by atoms with Crippen LogP contribution in [0.4, 0.5) is 0 Å². The van der Waals surface area contributed by atoms with Gasteiger partial charge in [-0.05, 0) is 32.6 Å². The van der Waals surface area contributed by atoms with Gasteiger partial charge in [-0.15, -0.1) is 0 Å². The molecule has 0 aromatic rings. The normalized spacial score (nSPS) is 13.1. The molecule has 0 N–H and O–H groups in total. The van der Waals surface area contributed by atoms with Gasteiger partial charge in [0.2, 0.25) is 0 Å². The third-order valence-electron chi connectivity index (χ3n) is 1.70. The second kappa shape index (κ2) is 6.91. The Morgan fingerprint density at radius 2 is 1.50 bits per heavy atom. The highest BCUT2D eigenvalue weighted by atomic mass is 28.3. The lowest BCUT2D eigenvalue weighted by atomic mass is 10.3. The van der Waals surface area contributed by atoms with Gasteiger partial charge in [0, 0.05) is 6.42 Å². The first-order valence-electron chi connectivity index (χ1n) is 5.36. The van der Waals surface area contributed by atoms with E-state index in [9.17, 15) is 0 Å². The summed E-state index contributed by atoms with van der Waals surface area (Å²) in [5.41, 5.74) is 0. The summed E-state index contributed by atoms with van der Waals surface area (Å²) in [4.78, 5) is 0. The summed E-state index contributed by atoms with van der Waals surface area (Å²) in [5, 5.41) is 0. The Morgan fingerprint density at radius 3 is 1.71 bits per heavy atom. The molecule has 6 heteroatoms. The Labute approximate surface area is 94.1 Å². The molecule has 0 spiro atoms.